The van der Waals surface area contributed by atoms with Crippen molar-refractivity contribution in [1.29, 1.82) is 0 Å². The van der Waals surface area contributed by atoms with Crippen LogP contribution >= 0.6 is 23.4 Å². The second-order valence-corrected chi connectivity index (χ2v) is 10.7. The summed E-state index contributed by atoms with van der Waals surface area (Å²) in [5, 5.41) is 12.6. The maximum atomic E-state index is 13.9. The minimum absolute atomic E-state index is 0.213. The van der Waals surface area contributed by atoms with Gasteiger partial charge in [0, 0.05) is 27.7 Å². The maximum absolute atomic E-state index is 13.9. The third kappa shape index (κ3) is 5.67. The molecule has 1 unspecified atom stereocenters. The zero-order valence-corrected chi connectivity index (χ0v) is 23.9. The number of aryl methyl sites for hydroxylation is 2. The third-order valence-electron chi connectivity index (χ3n) is 6.54. The zero-order valence-electron chi connectivity index (χ0n) is 22.3. The van der Waals surface area contributed by atoms with E-state index in [4.69, 9.17) is 26.4 Å². The molecule has 2 N–H and O–H groups in total. The molecule has 0 saturated heterocycles. The van der Waals surface area contributed by atoms with Crippen molar-refractivity contribution in [2.24, 2.45) is 0 Å². The number of para-hydroxylation sites is 1. The first-order valence-electron chi connectivity index (χ1n) is 12.8. The van der Waals surface area contributed by atoms with Crippen molar-refractivity contribution in [2.45, 2.75) is 44.6 Å². The highest BCUT2D eigenvalue weighted by Gasteiger charge is 2.36. The van der Waals surface area contributed by atoms with E-state index in [1.165, 1.54) is 11.8 Å². The fraction of sp³-hybridized carbons (Fsp3) is 0.233. The highest BCUT2D eigenvalue weighted by molar-refractivity contribution is 7.98. The number of carbonyl (C=O) groups excluding carboxylic acids is 1. The summed E-state index contributed by atoms with van der Waals surface area (Å²) in [6.07, 6.45) is 0. The van der Waals surface area contributed by atoms with Gasteiger partial charge in [0.15, 0.2) is 0 Å². The van der Waals surface area contributed by atoms with Crippen molar-refractivity contribution in [3.05, 3.63) is 105 Å². The van der Waals surface area contributed by atoms with Gasteiger partial charge >= 0.3 is 0 Å². The van der Waals surface area contributed by atoms with Gasteiger partial charge in [0.05, 0.1) is 12.2 Å². The average molecular weight is 560 g/mol. The van der Waals surface area contributed by atoms with Crippen molar-refractivity contribution < 1.29 is 9.53 Å². The average Bonchev–Trinajstić information content (AvgIpc) is 3.32. The molecule has 1 atom stereocenters. The van der Waals surface area contributed by atoms with Crippen molar-refractivity contribution in [2.75, 3.05) is 17.2 Å². The van der Waals surface area contributed by atoms with Crippen molar-refractivity contribution >= 4 is 40.9 Å². The summed E-state index contributed by atoms with van der Waals surface area (Å²) >= 11 is 7.86. The number of hydrogen-bond donors (Lipinski definition) is 2. The van der Waals surface area contributed by atoms with E-state index in [0.29, 0.717) is 45.5 Å². The fourth-order valence-corrected chi connectivity index (χ4v) is 5.78. The quantitative estimate of drug-likeness (QED) is 0.223. The molecule has 200 valence electrons. The van der Waals surface area contributed by atoms with E-state index >= 15 is 0 Å². The van der Waals surface area contributed by atoms with Crippen LogP contribution in [-0.4, -0.2) is 27.3 Å². The number of rotatable bonds is 8. The lowest BCUT2D eigenvalue weighted by molar-refractivity contribution is -0.113. The third-order valence-corrected chi connectivity index (χ3v) is 7.79. The number of halogens is 1. The minimum atomic E-state index is -0.545. The van der Waals surface area contributed by atoms with Crippen LogP contribution in [0.2, 0.25) is 5.02 Å². The smallest absolute Gasteiger partial charge is 0.255 e. The van der Waals surface area contributed by atoms with Crippen LogP contribution in [0.3, 0.4) is 0 Å². The number of anilines is 2. The van der Waals surface area contributed by atoms with E-state index in [0.717, 1.165) is 27.9 Å². The van der Waals surface area contributed by atoms with Gasteiger partial charge < -0.3 is 15.4 Å². The molecule has 3 aromatic carbocycles. The van der Waals surface area contributed by atoms with Crippen LogP contribution in [0, 0.1) is 13.8 Å². The number of benzene rings is 3. The molecule has 1 aliphatic heterocycles. The van der Waals surface area contributed by atoms with Crippen LogP contribution < -0.4 is 15.4 Å². The van der Waals surface area contributed by atoms with Crippen LogP contribution in [0.4, 0.5) is 11.6 Å². The Morgan fingerprint density at radius 3 is 2.64 bits per heavy atom. The number of allylic oxidation sites excluding steroid dienone is 1. The van der Waals surface area contributed by atoms with Crippen LogP contribution in [-0.2, 0) is 10.5 Å². The van der Waals surface area contributed by atoms with E-state index in [9.17, 15) is 4.79 Å². The van der Waals surface area contributed by atoms with Gasteiger partial charge in [-0.3, -0.25) is 4.79 Å². The van der Waals surface area contributed by atoms with Crippen LogP contribution in [0.5, 0.6) is 5.75 Å². The second kappa shape index (κ2) is 11.6. The molecule has 39 heavy (non-hydrogen) atoms. The predicted octanol–water partition coefficient (Wildman–Crippen LogP) is 7.17. The highest BCUT2D eigenvalue weighted by atomic mass is 35.5. The Labute approximate surface area is 237 Å². The number of nitrogens with one attached hydrogen (secondary N) is 2. The lowest BCUT2D eigenvalue weighted by Gasteiger charge is -2.29. The molecule has 7 nitrogen and oxygen atoms in total. The van der Waals surface area contributed by atoms with Gasteiger partial charge in [0.2, 0.25) is 11.1 Å². The van der Waals surface area contributed by atoms with Gasteiger partial charge in [-0.25, -0.2) is 4.68 Å². The summed E-state index contributed by atoms with van der Waals surface area (Å²) < 4.78 is 7.76. The largest absolute Gasteiger partial charge is 0.494 e. The first kappa shape index (κ1) is 26.8. The summed E-state index contributed by atoms with van der Waals surface area (Å²) in [4.78, 5) is 18.7. The van der Waals surface area contributed by atoms with Gasteiger partial charge in [-0.05, 0) is 57.0 Å². The number of amides is 1. The van der Waals surface area contributed by atoms with Gasteiger partial charge in [-0.2, -0.15) is 4.98 Å². The Kier molecular flexibility index (Phi) is 7.95. The molecule has 1 aromatic heterocycles. The normalized spacial score (nSPS) is 14.5. The molecule has 0 radical (unpaired) electrons. The lowest BCUT2D eigenvalue weighted by atomic mass is 9.94. The molecule has 0 spiro atoms. The Hall–Kier alpha value is -3.75. The number of carbonyl (C=O) groups is 1. The topological polar surface area (TPSA) is 81.1 Å². The number of aromatic nitrogens is 3. The first-order chi connectivity index (χ1) is 18.9. The first-order valence-corrected chi connectivity index (χ1v) is 14.1. The van der Waals surface area contributed by atoms with E-state index in [1.807, 2.05) is 88.4 Å². The fourth-order valence-electron chi connectivity index (χ4n) is 4.67. The highest BCUT2D eigenvalue weighted by Crippen LogP contribution is 2.40. The molecule has 1 amide bonds. The maximum Gasteiger partial charge on any atom is 0.255 e. The molecule has 0 fully saturated rings. The number of ether oxygens (including phenoxy) is 1. The number of thioether (sulfide) groups is 1. The molecule has 0 saturated carbocycles. The summed E-state index contributed by atoms with van der Waals surface area (Å²) in [6.45, 7) is 8.35. The summed E-state index contributed by atoms with van der Waals surface area (Å²) in [5.41, 5.74) is 5.99. The second-order valence-electron chi connectivity index (χ2n) is 9.35. The standard InChI is InChI=1S/C30H30ClN5O2S/c1-5-38-25-13-9-7-11-22(25)27-26(28(37)33-24-15-14-18(2)16-19(24)3)20(4)32-29-34-30(35-36(27)29)39-17-21-10-6-8-12-23(21)31/h6-16,27H,5,17H2,1-4H3,(H,33,37)(H,32,34,35). The zero-order chi connectivity index (χ0) is 27.5. The summed E-state index contributed by atoms with van der Waals surface area (Å²) in [7, 11) is 0. The van der Waals surface area contributed by atoms with Gasteiger partial charge in [0.1, 0.15) is 11.8 Å². The molecule has 9 heteroatoms. The van der Waals surface area contributed by atoms with Crippen molar-refractivity contribution in [3.63, 3.8) is 0 Å². The molecular weight excluding hydrogens is 530 g/mol. The number of nitrogens with zero attached hydrogens (tertiary/aromatic N) is 3. The monoisotopic (exact) mass is 559 g/mol. The molecule has 5 rings (SSSR count). The van der Waals surface area contributed by atoms with Crippen LogP contribution in [0.15, 0.2) is 83.2 Å². The molecule has 2 heterocycles. The minimum Gasteiger partial charge on any atom is -0.494 e. The lowest BCUT2D eigenvalue weighted by Crippen LogP contribution is -2.32. The van der Waals surface area contributed by atoms with Gasteiger partial charge in [0.25, 0.3) is 5.91 Å². The number of hydrogen-bond acceptors (Lipinski definition) is 6. The Bertz CT molecular complexity index is 1560. The Morgan fingerprint density at radius 1 is 1.10 bits per heavy atom. The Balaban J connectivity index is 1.54. The van der Waals surface area contributed by atoms with Crippen molar-refractivity contribution in [3.8, 4) is 5.75 Å². The van der Waals surface area contributed by atoms with Gasteiger partial charge in [-0.15, -0.1) is 5.10 Å². The van der Waals surface area contributed by atoms with Crippen LogP contribution in [0.1, 0.15) is 42.1 Å². The Morgan fingerprint density at radius 2 is 1.87 bits per heavy atom. The van der Waals surface area contributed by atoms with E-state index in [2.05, 4.69) is 16.7 Å². The molecule has 1 aliphatic rings. The molecule has 4 aromatic rings. The van der Waals surface area contributed by atoms with Crippen molar-refractivity contribution in [1.82, 2.24) is 14.8 Å². The van der Waals surface area contributed by atoms with E-state index < -0.39 is 6.04 Å². The molecule has 0 aliphatic carbocycles. The summed E-state index contributed by atoms with van der Waals surface area (Å²) in [5.74, 6) is 1.67. The summed E-state index contributed by atoms with van der Waals surface area (Å²) in [6, 6.07) is 20.9. The van der Waals surface area contributed by atoms with Crippen LogP contribution in [0.25, 0.3) is 0 Å². The van der Waals surface area contributed by atoms with Gasteiger partial charge in [-0.1, -0.05) is 77.5 Å². The van der Waals surface area contributed by atoms with E-state index in [1.54, 1.807) is 4.68 Å². The SMILES string of the molecule is CCOc1ccccc1C1C(C(=O)Nc2ccc(C)cc2C)=C(C)Nc2nc(SCc3ccccc3Cl)nn21. The van der Waals surface area contributed by atoms with E-state index in [-0.39, 0.29) is 5.91 Å². The number of fused-ring (bicyclic) bond motifs is 1. The predicted molar refractivity (Wildman–Crippen MR) is 158 cm³/mol. The molecular formula is C30H30ClN5O2S. The molecule has 0 bridgehead atoms.